The molecule has 0 bridgehead atoms. The minimum absolute atomic E-state index is 0.00842. The van der Waals surface area contributed by atoms with Gasteiger partial charge >= 0.3 is 0 Å². The molecule has 0 radical (unpaired) electrons. The summed E-state index contributed by atoms with van der Waals surface area (Å²) in [6.45, 7) is 4.17. The number of methoxy groups -OCH3 is 1. The van der Waals surface area contributed by atoms with Crippen molar-refractivity contribution in [1.82, 2.24) is 4.57 Å². The maximum atomic E-state index is 11.4. The molecule has 1 rings (SSSR count). The summed E-state index contributed by atoms with van der Waals surface area (Å²) in [5, 5.41) is 3.24. The van der Waals surface area contributed by atoms with Crippen LogP contribution in [0.3, 0.4) is 0 Å². The number of anilines is 1. The SMILES string of the molecule is CCCNc1ccc(=O)n(CCOC)c1. The highest BCUT2D eigenvalue weighted by atomic mass is 16.5. The van der Waals surface area contributed by atoms with Crippen molar-refractivity contribution >= 4 is 5.69 Å². The number of hydrogen-bond acceptors (Lipinski definition) is 3. The zero-order chi connectivity index (χ0) is 11.1. The van der Waals surface area contributed by atoms with E-state index in [1.54, 1.807) is 23.8 Å². The van der Waals surface area contributed by atoms with Crippen molar-refractivity contribution in [2.24, 2.45) is 0 Å². The van der Waals surface area contributed by atoms with Gasteiger partial charge in [0.05, 0.1) is 12.3 Å². The molecule has 0 saturated carbocycles. The van der Waals surface area contributed by atoms with Gasteiger partial charge in [0.25, 0.3) is 5.56 Å². The van der Waals surface area contributed by atoms with Gasteiger partial charge < -0.3 is 14.6 Å². The van der Waals surface area contributed by atoms with E-state index in [2.05, 4.69) is 12.2 Å². The van der Waals surface area contributed by atoms with E-state index in [0.717, 1.165) is 18.7 Å². The second-order valence-electron chi connectivity index (χ2n) is 3.37. The van der Waals surface area contributed by atoms with Crippen molar-refractivity contribution in [2.45, 2.75) is 19.9 Å². The van der Waals surface area contributed by atoms with E-state index in [9.17, 15) is 4.79 Å². The molecule has 15 heavy (non-hydrogen) atoms. The Kier molecular flexibility index (Phi) is 4.90. The van der Waals surface area contributed by atoms with E-state index >= 15 is 0 Å². The first-order valence-electron chi connectivity index (χ1n) is 5.21. The summed E-state index contributed by atoms with van der Waals surface area (Å²) in [5.74, 6) is 0. The molecule has 0 spiro atoms. The Balaban J connectivity index is 2.71. The summed E-state index contributed by atoms with van der Waals surface area (Å²) in [5.41, 5.74) is 0.988. The Morgan fingerprint density at radius 3 is 2.93 bits per heavy atom. The van der Waals surface area contributed by atoms with Gasteiger partial charge in [-0.25, -0.2) is 0 Å². The van der Waals surface area contributed by atoms with E-state index in [0.29, 0.717) is 13.2 Å². The molecule has 4 heteroatoms. The van der Waals surface area contributed by atoms with E-state index < -0.39 is 0 Å². The van der Waals surface area contributed by atoms with Crippen LogP contribution >= 0.6 is 0 Å². The van der Waals surface area contributed by atoms with Crippen molar-refractivity contribution in [3.8, 4) is 0 Å². The molecular formula is C11H18N2O2. The van der Waals surface area contributed by atoms with E-state index in [1.807, 2.05) is 6.20 Å². The number of ether oxygens (including phenoxy) is 1. The van der Waals surface area contributed by atoms with Gasteiger partial charge in [-0.1, -0.05) is 6.92 Å². The molecule has 0 aliphatic rings. The Hall–Kier alpha value is -1.29. The normalized spacial score (nSPS) is 10.3. The van der Waals surface area contributed by atoms with Crippen LogP contribution in [0.15, 0.2) is 23.1 Å². The minimum Gasteiger partial charge on any atom is -0.384 e. The number of rotatable bonds is 6. The Morgan fingerprint density at radius 2 is 2.27 bits per heavy atom. The predicted octanol–water partition coefficient (Wildman–Crippen LogP) is 1.32. The van der Waals surface area contributed by atoms with Crippen molar-refractivity contribution in [2.75, 3.05) is 25.6 Å². The zero-order valence-electron chi connectivity index (χ0n) is 9.32. The van der Waals surface area contributed by atoms with Crippen LogP contribution in [0.1, 0.15) is 13.3 Å². The van der Waals surface area contributed by atoms with Crippen LogP contribution in [0.4, 0.5) is 5.69 Å². The molecule has 0 aliphatic carbocycles. The third kappa shape index (κ3) is 3.75. The lowest BCUT2D eigenvalue weighted by molar-refractivity contribution is 0.186. The maximum absolute atomic E-state index is 11.4. The molecule has 1 heterocycles. The molecule has 0 saturated heterocycles. The molecule has 0 fully saturated rings. The van der Waals surface area contributed by atoms with Crippen molar-refractivity contribution in [1.29, 1.82) is 0 Å². The zero-order valence-corrected chi connectivity index (χ0v) is 9.32. The third-order valence-electron chi connectivity index (χ3n) is 2.10. The van der Waals surface area contributed by atoms with Gasteiger partial charge in [0.1, 0.15) is 0 Å². The summed E-state index contributed by atoms with van der Waals surface area (Å²) in [4.78, 5) is 11.4. The van der Waals surface area contributed by atoms with Crippen molar-refractivity contribution in [3.63, 3.8) is 0 Å². The van der Waals surface area contributed by atoms with Crippen LogP contribution in [0.25, 0.3) is 0 Å². The Labute approximate surface area is 89.9 Å². The molecule has 84 valence electrons. The third-order valence-corrected chi connectivity index (χ3v) is 2.10. The Morgan fingerprint density at radius 1 is 1.47 bits per heavy atom. The Bertz CT molecular complexity index is 347. The first-order chi connectivity index (χ1) is 7.27. The molecule has 0 unspecified atom stereocenters. The fourth-order valence-electron chi connectivity index (χ4n) is 1.27. The molecule has 0 amide bonds. The number of pyridine rings is 1. The maximum Gasteiger partial charge on any atom is 0.250 e. The van der Waals surface area contributed by atoms with Crippen LogP contribution in [0.5, 0.6) is 0 Å². The quantitative estimate of drug-likeness (QED) is 0.770. The number of hydrogen-bond donors (Lipinski definition) is 1. The van der Waals surface area contributed by atoms with Gasteiger partial charge in [0.2, 0.25) is 0 Å². The lowest BCUT2D eigenvalue weighted by atomic mass is 10.3. The fraction of sp³-hybridized carbons (Fsp3) is 0.545. The summed E-state index contributed by atoms with van der Waals surface area (Å²) >= 11 is 0. The second-order valence-corrected chi connectivity index (χ2v) is 3.37. The molecule has 0 atom stereocenters. The first kappa shape index (κ1) is 11.8. The van der Waals surface area contributed by atoms with E-state index in [1.165, 1.54) is 0 Å². The molecule has 1 N–H and O–H groups in total. The standard InChI is InChI=1S/C11H18N2O2/c1-3-6-12-10-4-5-11(14)13(9-10)7-8-15-2/h4-5,9,12H,3,6-8H2,1-2H3. The van der Waals surface area contributed by atoms with Gasteiger partial charge in [-0.05, 0) is 12.5 Å². The smallest absolute Gasteiger partial charge is 0.250 e. The van der Waals surface area contributed by atoms with Gasteiger partial charge in [-0.15, -0.1) is 0 Å². The van der Waals surface area contributed by atoms with Crippen molar-refractivity contribution < 1.29 is 4.74 Å². The topological polar surface area (TPSA) is 43.3 Å². The fourth-order valence-corrected chi connectivity index (χ4v) is 1.27. The van der Waals surface area contributed by atoms with E-state index in [4.69, 9.17) is 4.74 Å². The van der Waals surface area contributed by atoms with E-state index in [-0.39, 0.29) is 5.56 Å². The summed E-state index contributed by atoms with van der Waals surface area (Å²) in [6, 6.07) is 3.38. The number of nitrogens with one attached hydrogen (secondary N) is 1. The minimum atomic E-state index is 0.00842. The molecule has 0 aliphatic heterocycles. The summed E-state index contributed by atoms with van der Waals surface area (Å²) < 4.78 is 6.60. The van der Waals surface area contributed by atoms with Gasteiger partial charge in [-0.2, -0.15) is 0 Å². The first-order valence-corrected chi connectivity index (χ1v) is 5.21. The lowest BCUT2D eigenvalue weighted by Crippen LogP contribution is -2.21. The van der Waals surface area contributed by atoms with Crippen LogP contribution in [-0.2, 0) is 11.3 Å². The summed E-state index contributed by atoms with van der Waals surface area (Å²) in [6.07, 6.45) is 2.90. The predicted molar refractivity (Wildman–Crippen MR) is 61.4 cm³/mol. The summed E-state index contributed by atoms with van der Waals surface area (Å²) in [7, 11) is 1.63. The molecule has 4 nitrogen and oxygen atoms in total. The van der Waals surface area contributed by atoms with Crippen LogP contribution in [-0.4, -0.2) is 24.8 Å². The van der Waals surface area contributed by atoms with Crippen LogP contribution in [0.2, 0.25) is 0 Å². The largest absolute Gasteiger partial charge is 0.384 e. The molecular weight excluding hydrogens is 192 g/mol. The number of aromatic nitrogens is 1. The van der Waals surface area contributed by atoms with Gasteiger partial charge in [0, 0.05) is 32.5 Å². The van der Waals surface area contributed by atoms with Crippen molar-refractivity contribution in [3.05, 3.63) is 28.7 Å². The monoisotopic (exact) mass is 210 g/mol. The lowest BCUT2D eigenvalue weighted by Gasteiger charge is -2.08. The molecule has 1 aromatic rings. The number of nitrogens with zero attached hydrogens (tertiary/aromatic N) is 1. The highest BCUT2D eigenvalue weighted by Gasteiger charge is 1.97. The second kappa shape index (κ2) is 6.24. The highest BCUT2D eigenvalue weighted by Crippen LogP contribution is 2.02. The van der Waals surface area contributed by atoms with Crippen LogP contribution in [0, 0.1) is 0 Å². The molecule has 1 aromatic heterocycles. The average molecular weight is 210 g/mol. The highest BCUT2D eigenvalue weighted by molar-refractivity contribution is 5.39. The van der Waals surface area contributed by atoms with Gasteiger partial charge in [-0.3, -0.25) is 4.79 Å². The van der Waals surface area contributed by atoms with Crippen LogP contribution < -0.4 is 10.9 Å². The average Bonchev–Trinajstić information content (AvgIpc) is 2.26. The van der Waals surface area contributed by atoms with Gasteiger partial charge in [0.15, 0.2) is 0 Å². The molecule has 0 aromatic carbocycles.